The summed E-state index contributed by atoms with van der Waals surface area (Å²) in [5.74, 6) is 2.02. The molecule has 2 saturated heterocycles. The second-order valence-electron chi connectivity index (χ2n) is 4.10. The van der Waals surface area contributed by atoms with Crippen LogP contribution in [0.1, 0.15) is 25.7 Å². The van der Waals surface area contributed by atoms with E-state index < -0.39 is 0 Å². The van der Waals surface area contributed by atoms with Gasteiger partial charge in [0.1, 0.15) is 0 Å². The molecule has 0 saturated carbocycles. The van der Waals surface area contributed by atoms with E-state index in [-0.39, 0.29) is 0 Å². The number of hydrogen-bond donors (Lipinski definition) is 1. The lowest BCUT2D eigenvalue weighted by molar-refractivity contribution is 0.210. The summed E-state index contributed by atoms with van der Waals surface area (Å²) in [7, 11) is 0. The average Bonchev–Trinajstić information content (AvgIpc) is 2.21. The molecule has 2 rings (SSSR count). The van der Waals surface area contributed by atoms with Gasteiger partial charge in [0.05, 0.1) is 0 Å². The van der Waals surface area contributed by atoms with Gasteiger partial charge in [0, 0.05) is 13.1 Å². The number of nitrogens with one attached hydrogen (secondary N) is 1. The third-order valence-corrected chi connectivity index (χ3v) is 3.37. The second kappa shape index (κ2) is 4.24. The lowest BCUT2D eigenvalue weighted by atomic mass is 9.80. The molecule has 2 heterocycles. The van der Waals surface area contributed by atoms with Gasteiger partial charge in [-0.2, -0.15) is 0 Å². The van der Waals surface area contributed by atoms with Gasteiger partial charge in [0.15, 0.2) is 0 Å². The van der Waals surface area contributed by atoms with E-state index in [0.29, 0.717) is 0 Å². The van der Waals surface area contributed by atoms with Crippen LogP contribution in [-0.2, 0) is 0 Å². The number of nitrogens with zero attached hydrogens (tertiary/aromatic N) is 1. The maximum atomic E-state index is 4.41. The normalized spacial score (nSPS) is 29.0. The number of piperidine rings is 2. The second-order valence-corrected chi connectivity index (χ2v) is 4.10. The Morgan fingerprint density at radius 2 is 1.42 bits per heavy atom. The van der Waals surface area contributed by atoms with Crippen molar-refractivity contribution in [3.05, 3.63) is 0 Å². The maximum Gasteiger partial charge on any atom is 0.0136 e. The van der Waals surface area contributed by atoms with Crippen LogP contribution < -0.4 is 10.6 Å². The first-order chi connectivity index (χ1) is 5.97. The van der Waals surface area contributed by atoms with Crippen LogP contribution in [-0.4, -0.2) is 26.2 Å². The van der Waals surface area contributed by atoms with Crippen molar-refractivity contribution in [1.82, 2.24) is 10.6 Å². The predicted molar refractivity (Wildman–Crippen MR) is 50.2 cm³/mol. The van der Waals surface area contributed by atoms with E-state index in [0.717, 1.165) is 24.9 Å². The molecule has 0 aromatic heterocycles. The van der Waals surface area contributed by atoms with E-state index in [2.05, 4.69) is 10.6 Å². The van der Waals surface area contributed by atoms with E-state index in [4.69, 9.17) is 0 Å². The molecule has 2 aliphatic rings. The van der Waals surface area contributed by atoms with Gasteiger partial charge in [-0.1, -0.05) is 0 Å². The molecule has 2 aliphatic heterocycles. The van der Waals surface area contributed by atoms with Crippen molar-refractivity contribution in [3.63, 3.8) is 0 Å². The maximum absolute atomic E-state index is 4.41. The summed E-state index contributed by atoms with van der Waals surface area (Å²) in [6.45, 7) is 4.76. The minimum atomic E-state index is 1.00. The molecule has 0 aromatic rings. The van der Waals surface area contributed by atoms with Crippen molar-refractivity contribution in [1.29, 1.82) is 0 Å². The molecular weight excluding hydrogens is 148 g/mol. The van der Waals surface area contributed by atoms with Crippen LogP contribution in [0.15, 0.2) is 0 Å². The van der Waals surface area contributed by atoms with Gasteiger partial charge < -0.3 is 5.32 Å². The highest BCUT2D eigenvalue weighted by molar-refractivity contribution is 4.79. The van der Waals surface area contributed by atoms with E-state index in [1.54, 1.807) is 0 Å². The average molecular weight is 167 g/mol. The Kier molecular flexibility index (Phi) is 3.01. The molecule has 0 atom stereocenters. The molecule has 0 aromatic carbocycles. The van der Waals surface area contributed by atoms with Gasteiger partial charge in [-0.3, -0.25) is 0 Å². The summed E-state index contributed by atoms with van der Waals surface area (Å²) in [6.07, 6.45) is 5.55. The van der Waals surface area contributed by atoms with Crippen LogP contribution in [0.2, 0.25) is 0 Å². The first-order valence-electron chi connectivity index (χ1n) is 5.31. The van der Waals surface area contributed by atoms with Crippen LogP contribution in [0.3, 0.4) is 0 Å². The summed E-state index contributed by atoms with van der Waals surface area (Å²) in [5.41, 5.74) is 0. The minimum Gasteiger partial charge on any atom is -0.317 e. The van der Waals surface area contributed by atoms with E-state index in [1.165, 1.54) is 38.8 Å². The minimum absolute atomic E-state index is 1.00. The first kappa shape index (κ1) is 8.52. The van der Waals surface area contributed by atoms with Crippen LogP contribution in [0.25, 0.3) is 0 Å². The number of hydrogen-bond acceptors (Lipinski definition) is 1. The summed E-state index contributed by atoms with van der Waals surface area (Å²) in [5, 5.41) is 7.84. The fraction of sp³-hybridized carbons (Fsp3) is 1.00. The van der Waals surface area contributed by atoms with E-state index in [1.807, 2.05) is 0 Å². The van der Waals surface area contributed by atoms with Gasteiger partial charge >= 0.3 is 0 Å². The molecule has 69 valence electrons. The van der Waals surface area contributed by atoms with Gasteiger partial charge in [-0.05, 0) is 50.6 Å². The van der Waals surface area contributed by atoms with E-state index in [9.17, 15) is 0 Å². The highest BCUT2D eigenvalue weighted by Crippen LogP contribution is 2.28. The summed E-state index contributed by atoms with van der Waals surface area (Å²) in [6, 6.07) is 0. The molecule has 12 heavy (non-hydrogen) atoms. The number of rotatable bonds is 1. The van der Waals surface area contributed by atoms with Crippen molar-refractivity contribution in [2.75, 3.05) is 26.2 Å². The van der Waals surface area contributed by atoms with Gasteiger partial charge in [-0.25, -0.2) is 5.32 Å². The highest BCUT2D eigenvalue weighted by Gasteiger charge is 2.24. The summed E-state index contributed by atoms with van der Waals surface area (Å²) < 4.78 is 0. The largest absolute Gasteiger partial charge is 0.317 e. The van der Waals surface area contributed by atoms with Gasteiger partial charge in [-0.15, -0.1) is 0 Å². The molecule has 0 spiro atoms. The Bertz CT molecular complexity index is 108. The predicted octanol–water partition coefficient (Wildman–Crippen LogP) is 1.00. The fourth-order valence-electron chi connectivity index (χ4n) is 2.56. The third-order valence-electron chi connectivity index (χ3n) is 3.37. The van der Waals surface area contributed by atoms with Crippen molar-refractivity contribution in [3.8, 4) is 0 Å². The van der Waals surface area contributed by atoms with Gasteiger partial charge in [0.25, 0.3) is 0 Å². The molecule has 1 N–H and O–H groups in total. The topological polar surface area (TPSA) is 26.1 Å². The first-order valence-corrected chi connectivity index (χ1v) is 5.31. The van der Waals surface area contributed by atoms with E-state index >= 15 is 0 Å². The van der Waals surface area contributed by atoms with Crippen LogP contribution in [0.4, 0.5) is 0 Å². The Morgan fingerprint density at radius 1 is 0.833 bits per heavy atom. The molecule has 2 heteroatoms. The van der Waals surface area contributed by atoms with Crippen LogP contribution in [0.5, 0.6) is 0 Å². The van der Waals surface area contributed by atoms with Crippen molar-refractivity contribution in [2.24, 2.45) is 11.8 Å². The summed E-state index contributed by atoms with van der Waals surface area (Å²) >= 11 is 0. The standard InChI is InChI=1S/C10H19N2/c1-5-11-6-2-9(1)10-3-7-12-8-4-10/h9-11H,1-8H2. The lowest BCUT2D eigenvalue weighted by Crippen LogP contribution is -2.35. The van der Waals surface area contributed by atoms with Crippen LogP contribution in [0, 0.1) is 11.8 Å². The molecule has 0 bridgehead atoms. The third kappa shape index (κ3) is 1.99. The molecule has 0 unspecified atom stereocenters. The van der Waals surface area contributed by atoms with Crippen LogP contribution >= 0.6 is 0 Å². The molecule has 1 radical (unpaired) electrons. The fourth-order valence-corrected chi connectivity index (χ4v) is 2.56. The smallest absolute Gasteiger partial charge is 0.0136 e. The SMILES string of the molecule is C1CC(C2CCNCC2)CC[N]1. The molecule has 2 nitrogen and oxygen atoms in total. The Hall–Kier alpha value is -0.0800. The Labute approximate surface area is 75.1 Å². The Morgan fingerprint density at radius 3 is 2.08 bits per heavy atom. The summed E-state index contributed by atoms with van der Waals surface area (Å²) in [4.78, 5) is 0. The quantitative estimate of drug-likeness (QED) is 0.619. The molecule has 0 amide bonds. The highest BCUT2D eigenvalue weighted by atomic mass is 14.9. The molecular formula is C10H19N2. The molecule has 0 aliphatic carbocycles. The zero-order valence-corrected chi connectivity index (χ0v) is 7.76. The Balaban J connectivity index is 1.80. The molecule has 2 fully saturated rings. The van der Waals surface area contributed by atoms with Gasteiger partial charge in [0.2, 0.25) is 0 Å². The van der Waals surface area contributed by atoms with Crippen molar-refractivity contribution < 1.29 is 0 Å². The monoisotopic (exact) mass is 167 g/mol. The zero-order chi connectivity index (χ0) is 8.23. The lowest BCUT2D eigenvalue weighted by Gasteiger charge is -2.32. The zero-order valence-electron chi connectivity index (χ0n) is 7.76. The van der Waals surface area contributed by atoms with Crippen molar-refractivity contribution >= 4 is 0 Å². The van der Waals surface area contributed by atoms with Crippen molar-refractivity contribution in [2.45, 2.75) is 25.7 Å².